The molecule has 0 aliphatic carbocycles. The molecule has 19 heavy (non-hydrogen) atoms. The summed E-state index contributed by atoms with van der Waals surface area (Å²) in [6.07, 6.45) is 0. The third kappa shape index (κ3) is 2.84. The van der Waals surface area contributed by atoms with Crippen LogP contribution >= 0.6 is 55.1 Å². The number of hydrogen-bond donors (Lipinski definition) is 2. The molecule has 0 amide bonds. The van der Waals surface area contributed by atoms with Crippen LogP contribution in [0.1, 0.15) is 11.1 Å². The highest BCUT2D eigenvalue weighted by atomic mass is 79.9. The van der Waals surface area contributed by atoms with Crippen LogP contribution in [-0.2, 0) is 5.66 Å². The normalized spacial score (nSPS) is 11.7. The highest BCUT2D eigenvalue weighted by Gasteiger charge is 2.29. The predicted octanol–water partition coefficient (Wildman–Crippen LogP) is 4.64. The van der Waals surface area contributed by atoms with Gasteiger partial charge in [0.15, 0.2) is 0 Å². The van der Waals surface area contributed by atoms with E-state index in [1.54, 1.807) is 6.07 Å². The van der Waals surface area contributed by atoms with Crippen molar-refractivity contribution in [2.24, 2.45) is 11.5 Å². The van der Waals surface area contributed by atoms with Gasteiger partial charge in [0.2, 0.25) is 0 Å². The van der Waals surface area contributed by atoms with Crippen LogP contribution in [-0.4, -0.2) is 0 Å². The van der Waals surface area contributed by atoms with Crippen LogP contribution in [0, 0.1) is 0 Å². The van der Waals surface area contributed by atoms with Gasteiger partial charge in [-0.3, -0.25) is 0 Å². The van der Waals surface area contributed by atoms with Gasteiger partial charge in [-0.2, -0.15) is 0 Å². The fraction of sp³-hybridized carbons (Fsp3) is 0.0769. The van der Waals surface area contributed by atoms with Gasteiger partial charge in [0, 0.05) is 10.0 Å². The second kappa shape index (κ2) is 5.72. The Bertz CT molecular complexity index is 616. The second-order valence-electron chi connectivity index (χ2n) is 4.08. The van der Waals surface area contributed by atoms with Crippen molar-refractivity contribution < 1.29 is 0 Å². The van der Waals surface area contributed by atoms with Crippen molar-refractivity contribution in [2.45, 2.75) is 5.66 Å². The van der Waals surface area contributed by atoms with Gasteiger partial charge >= 0.3 is 0 Å². The van der Waals surface area contributed by atoms with E-state index in [4.69, 9.17) is 34.7 Å². The van der Waals surface area contributed by atoms with Gasteiger partial charge in [-0.1, -0.05) is 53.5 Å². The SMILES string of the molecule is NC(N)(c1ccccc1)c1cc(Cl)c(Cl)c(Br)c1Br. The van der Waals surface area contributed by atoms with Crippen molar-refractivity contribution in [3.05, 3.63) is 66.5 Å². The summed E-state index contributed by atoms with van der Waals surface area (Å²) in [5, 5.41) is 0.809. The zero-order valence-corrected chi connectivity index (χ0v) is 14.3. The molecular weight excluding hydrogens is 415 g/mol. The Morgan fingerprint density at radius 3 is 2.11 bits per heavy atom. The zero-order valence-electron chi connectivity index (χ0n) is 9.63. The average molecular weight is 425 g/mol. The summed E-state index contributed by atoms with van der Waals surface area (Å²) in [6.45, 7) is 0. The molecular formula is C13H10Br2Cl2N2. The Morgan fingerprint density at radius 2 is 1.53 bits per heavy atom. The number of benzene rings is 2. The first-order valence-corrected chi connectivity index (χ1v) is 7.66. The molecule has 100 valence electrons. The van der Waals surface area contributed by atoms with E-state index in [1.807, 2.05) is 30.3 Å². The number of rotatable bonds is 2. The van der Waals surface area contributed by atoms with E-state index in [-0.39, 0.29) is 0 Å². The molecule has 0 saturated carbocycles. The average Bonchev–Trinajstić information content (AvgIpc) is 2.41. The molecule has 0 saturated heterocycles. The minimum absolute atomic E-state index is 0.392. The molecule has 2 aromatic rings. The molecule has 2 nitrogen and oxygen atoms in total. The Labute approximate surface area is 138 Å². The third-order valence-corrected chi connectivity index (χ3v) is 5.96. The number of hydrogen-bond acceptors (Lipinski definition) is 2. The van der Waals surface area contributed by atoms with Crippen molar-refractivity contribution in [1.29, 1.82) is 0 Å². The zero-order chi connectivity index (χ0) is 14.2. The lowest BCUT2D eigenvalue weighted by molar-refractivity contribution is 0.564. The predicted molar refractivity (Wildman–Crippen MR) is 87.5 cm³/mol. The van der Waals surface area contributed by atoms with E-state index in [0.717, 1.165) is 5.56 Å². The van der Waals surface area contributed by atoms with Gasteiger partial charge in [-0.15, -0.1) is 0 Å². The summed E-state index contributed by atoms with van der Waals surface area (Å²) >= 11 is 19.0. The van der Waals surface area contributed by atoms with Crippen molar-refractivity contribution in [3.63, 3.8) is 0 Å². The van der Waals surface area contributed by atoms with Crippen LogP contribution in [0.15, 0.2) is 45.3 Å². The van der Waals surface area contributed by atoms with Crippen LogP contribution < -0.4 is 11.5 Å². The molecule has 0 radical (unpaired) electrons. The maximum Gasteiger partial charge on any atom is 0.117 e. The fourth-order valence-electron chi connectivity index (χ4n) is 1.74. The van der Waals surface area contributed by atoms with Crippen LogP contribution in [0.3, 0.4) is 0 Å². The van der Waals surface area contributed by atoms with Crippen molar-refractivity contribution in [2.75, 3.05) is 0 Å². The fourth-order valence-corrected chi connectivity index (χ4v) is 3.39. The molecule has 0 unspecified atom stereocenters. The summed E-state index contributed by atoms with van der Waals surface area (Å²) in [6, 6.07) is 11.1. The lowest BCUT2D eigenvalue weighted by Gasteiger charge is -2.28. The summed E-state index contributed by atoms with van der Waals surface area (Å²) in [5.41, 5.74) is 12.8. The van der Waals surface area contributed by atoms with Gasteiger partial charge in [0.1, 0.15) is 5.66 Å². The van der Waals surface area contributed by atoms with Gasteiger partial charge in [-0.25, -0.2) is 0 Å². The van der Waals surface area contributed by atoms with Crippen LogP contribution in [0.25, 0.3) is 0 Å². The minimum atomic E-state index is -1.17. The maximum atomic E-state index is 6.27. The molecule has 4 N–H and O–H groups in total. The molecule has 0 atom stereocenters. The molecule has 0 bridgehead atoms. The Hall–Kier alpha value is -0.1000. The number of nitrogens with two attached hydrogens (primary N) is 2. The quantitative estimate of drug-likeness (QED) is 0.419. The van der Waals surface area contributed by atoms with Crippen molar-refractivity contribution in [1.82, 2.24) is 0 Å². The summed E-state index contributed by atoms with van der Waals surface area (Å²) in [5.74, 6) is 0. The van der Waals surface area contributed by atoms with E-state index >= 15 is 0 Å². The molecule has 0 aliphatic heterocycles. The molecule has 0 aliphatic rings. The molecule has 0 aromatic heterocycles. The van der Waals surface area contributed by atoms with E-state index in [2.05, 4.69) is 31.9 Å². The summed E-state index contributed by atoms with van der Waals surface area (Å²) in [7, 11) is 0. The highest BCUT2D eigenvalue weighted by Crippen LogP contribution is 2.41. The monoisotopic (exact) mass is 422 g/mol. The van der Waals surface area contributed by atoms with Gasteiger partial charge in [0.05, 0.1) is 14.5 Å². The van der Waals surface area contributed by atoms with Crippen LogP contribution in [0.5, 0.6) is 0 Å². The Balaban J connectivity index is 2.65. The lowest BCUT2D eigenvalue weighted by Crippen LogP contribution is -2.47. The van der Waals surface area contributed by atoms with Crippen molar-refractivity contribution >= 4 is 55.1 Å². The third-order valence-electron chi connectivity index (χ3n) is 2.80. The van der Waals surface area contributed by atoms with Crippen molar-refractivity contribution in [3.8, 4) is 0 Å². The van der Waals surface area contributed by atoms with Gasteiger partial charge in [-0.05, 0) is 43.5 Å². The topological polar surface area (TPSA) is 52.0 Å². The maximum absolute atomic E-state index is 6.27. The highest BCUT2D eigenvalue weighted by molar-refractivity contribution is 9.13. The van der Waals surface area contributed by atoms with Crippen LogP contribution in [0.2, 0.25) is 10.0 Å². The van der Waals surface area contributed by atoms with E-state index < -0.39 is 5.66 Å². The second-order valence-corrected chi connectivity index (χ2v) is 6.45. The smallest absolute Gasteiger partial charge is 0.117 e. The Morgan fingerprint density at radius 1 is 0.947 bits per heavy atom. The summed E-state index contributed by atoms with van der Waals surface area (Å²) in [4.78, 5) is 0. The minimum Gasteiger partial charge on any atom is -0.306 e. The largest absolute Gasteiger partial charge is 0.306 e. The standard InChI is InChI=1S/C13H10Br2Cl2N2/c14-10-8(6-9(16)12(17)11(10)15)13(18,19)7-4-2-1-3-5-7/h1-6H,18-19H2. The molecule has 0 fully saturated rings. The lowest BCUT2D eigenvalue weighted by atomic mass is 9.93. The first-order valence-electron chi connectivity index (χ1n) is 5.32. The van der Waals surface area contributed by atoms with E-state index in [1.165, 1.54) is 0 Å². The Kier molecular flexibility index (Phi) is 4.60. The molecule has 2 rings (SSSR count). The molecule has 6 heteroatoms. The molecule has 2 aromatic carbocycles. The summed E-state index contributed by atoms with van der Waals surface area (Å²) < 4.78 is 1.32. The first kappa shape index (κ1) is 15.3. The van der Waals surface area contributed by atoms with Gasteiger partial charge < -0.3 is 11.5 Å². The number of halogens is 4. The van der Waals surface area contributed by atoms with Gasteiger partial charge in [0.25, 0.3) is 0 Å². The molecule has 0 heterocycles. The molecule has 0 spiro atoms. The van der Waals surface area contributed by atoms with E-state index in [0.29, 0.717) is 24.6 Å². The van der Waals surface area contributed by atoms with Crippen LogP contribution in [0.4, 0.5) is 0 Å². The van der Waals surface area contributed by atoms with E-state index in [9.17, 15) is 0 Å². The first-order chi connectivity index (χ1) is 8.85.